The maximum atomic E-state index is 14.0. The van der Waals surface area contributed by atoms with Crippen LogP contribution in [0.4, 0.5) is 4.39 Å². The Balaban J connectivity index is 2.01. The van der Waals surface area contributed by atoms with Crippen LogP contribution in [0.1, 0.15) is 0 Å². The third kappa shape index (κ3) is 3.49. The number of rotatable bonds is 5. The van der Waals surface area contributed by atoms with Crippen molar-refractivity contribution in [1.29, 1.82) is 0 Å². The fraction of sp³-hybridized carbons (Fsp3) is 0.133. The van der Waals surface area contributed by atoms with Crippen molar-refractivity contribution in [3.63, 3.8) is 0 Å². The topological polar surface area (TPSA) is 63.1 Å². The maximum absolute atomic E-state index is 14.0. The van der Waals surface area contributed by atoms with Crippen molar-refractivity contribution >= 4 is 51.0 Å². The molecule has 0 aliphatic carbocycles. The molecule has 23 heavy (non-hydrogen) atoms. The van der Waals surface area contributed by atoms with Crippen LogP contribution in [0.5, 0.6) is 0 Å². The number of aromatic nitrogens is 2. The maximum Gasteiger partial charge on any atom is 0.313 e. The first-order valence-electron chi connectivity index (χ1n) is 6.51. The molecule has 8 heteroatoms. The van der Waals surface area contributed by atoms with Gasteiger partial charge in [-0.05, 0) is 30.0 Å². The Hall–Kier alpha value is -1.64. The van der Waals surface area contributed by atoms with Gasteiger partial charge in [0.1, 0.15) is 22.0 Å². The zero-order valence-electron chi connectivity index (χ0n) is 11.9. The lowest BCUT2D eigenvalue weighted by Gasteiger charge is -2.01. The summed E-state index contributed by atoms with van der Waals surface area (Å²) >= 11 is 3.95. The Labute approximate surface area is 144 Å². The highest BCUT2D eigenvalue weighted by Crippen LogP contribution is 2.37. The predicted molar refractivity (Wildman–Crippen MR) is 92.9 cm³/mol. The Morgan fingerprint density at radius 2 is 2.17 bits per heavy atom. The number of benzene rings is 1. The molecule has 0 atom stereocenters. The van der Waals surface area contributed by atoms with Crippen LogP contribution in [0.3, 0.4) is 0 Å². The molecule has 2 heterocycles. The highest BCUT2D eigenvalue weighted by molar-refractivity contribution is 8.00. The van der Waals surface area contributed by atoms with Crippen LogP contribution in [0.15, 0.2) is 40.5 Å². The third-order valence-corrected chi connectivity index (χ3v) is 5.91. The number of thioether (sulfide) groups is 2. The second kappa shape index (κ2) is 6.86. The van der Waals surface area contributed by atoms with E-state index in [0.29, 0.717) is 9.92 Å². The number of carboxylic acid groups (broad SMARTS) is 1. The molecule has 2 aromatic heterocycles. The SMILES string of the molecule is CSc1ccc(-c2cc3c(SCC(=O)O)ncnc3s2)cc1F. The van der Waals surface area contributed by atoms with Gasteiger partial charge < -0.3 is 5.11 Å². The standard InChI is InChI=1S/C15H11FN2O2S3/c1-21-11-3-2-8(4-10(11)16)12-5-9-14(22-6-13(19)20)17-7-18-15(9)23-12/h2-5,7H,6H2,1H3,(H,19,20). The summed E-state index contributed by atoms with van der Waals surface area (Å²) < 4.78 is 14.0. The summed E-state index contributed by atoms with van der Waals surface area (Å²) in [6, 6.07) is 7.02. The lowest BCUT2D eigenvalue weighted by atomic mass is 10.2. The van der Waals surface area contributed by atoms with Gasteiger partial charge in [0.25, 0.3) is 0 Å². The zero-order valence-corrected chi connectivity index (χ0v) is 14.4. The molecule has 3 rings (SSSR count). The largest absolute Gasteiger partial charge is 0.481 e. The summed E-state index contributed by atoms with van der Waals surface area (Å²) in [5.41, 5.74) is 0.775. The van der Waals surface area contributed by atoms with Gasteiger partial charge in [0.15, 0.2) is 0 Å². The Kier molecular flexibility index (Phi) is 4.84. The number of halogens is 1. The molecule has 4 nitrogen and oxygen atoms in total. The quantitative estimate of drug-likeness (QED) is 0.533. The van der Waals surface area contributed by atoms with E-state index >= 15 is 0 Å². The molecule has 0 saturated heterocycles. The molecule has 0 saturated carbocycles. The predicted octanol–water partition coefficient (Wildman–Crippen LogP) is 4.40. The van der Waals surface area contributed by atoms with Gasteiger partial charge >= 0.3 is 5.97 Å². The number of hydrogen-bond acceptors (Lipinski definition) is 6. The monoisotopic (exact) mass is 366 g/mol. The molecule has 1 aromatic carbocycles. The number of carbonyl (C=O) groups is 1. The molecule has 118 valence electrons. The average molecular weight is 366 g/mol. The van der Waals surface area contributed by atoms with E-state index in [1.165, 1.54) is 35.5 Å². The van der Waals surface area contributed by atoms with Gasteiger partial charge in [0, 0.05) is 15.2 Å². The van der Waals surface area contributed by atoms with Gasteiger partial charge in [-0.2, -0.15) is 0 Å². The van der Waals surface area contributed by atoms with Gasteiger partial charge in [0.2, 0.25) is 0 Å². The van der Waals surface area contributed by atoms with E-state index in [1.54, 1.807) is 6.07 Å². The summed E-state index contributed by atoms with van der Waals surface area (Å²) in [5, 5.41) is 10.2. The fourth-order valence-corrected chi connectivity index (χ4v) is 4.25. The Morgan fingerprint density at radius 1 is 1.35 bits per heavy atom. The molecule has 1 N–H and O–H groups in total. The summed E-state index contributed by atoms with van der Waals surface area (Å²) in [5.74, 6) is -1.21. The van der Waals surface area contributed by atoms with E-state index in [4.69, 9.17) is 5.11 Å². The van der Waals surface area contributed by atoms with Gasteiger partial charge in [-0.15, -0.1) is 23.1 Å². The molecule has 0 aliphatic rings. The number of aliphatic carboxylic acids is 1. The van der Waals surface area contributed by atoms with Crippen LogP contribution >= 0.6 is 34.9 Å². The van der Waals surface area contributed by atoms with Gasteiger partial charge in [-0.3, -0.25) is 4.79 Å². The molecular weight excluding hydrogens is 355 g/mol. The van der Waals surface area contributed by atoms with Gasteiger partial charge in [-0.25, -0.2) is 14.4 Å². The van der Waals surface area contributed by atoms with Crippen molar-refractivity contribution in [2.75, 3.05) is 12.0 Å². The van der Waals surface area contributed by atoms with Crippen LogP contribution < -0.4 is 0 Å². The van der Waals surface area contributed by atoms with Crippen molar-refractivity contribution in [3.05, 3.63) is 36.4 Å². The van der Waals surface area contributed by atoms with Crippen LogP contribution in [-0.4, -0.2) is 33.1 Å². The van der Waals surface area contributed by atoms with Gasteiger partial charge in [-0.1, -0.05) is 17.8 Å². The third-order valence-electron chi connectivity index (χ3n) is 3.06. The lowest BCUT2D eigenvalue weighted by molar-refractivity contribution is -0.133. The smallest absolute Gasteiger partial charge is 0.313 e. The lowest BCUT2D eigenvalue weighted by Crippen LogP contribution is -1.98. The minimum Gasteiger partial charge on any atom is -0.481 e. The molecule has 0 spiro atoms. The summed E-state index contributed by atoms with van der Waals surface area (Å²) in [4.78, 5) is 21.3. The minimum absolute atomic E-state index is 0.0612. The van der Waals surface area contributed by atoms with Crippen LogP contribution in [0, 0.1) is 5.82 Å². The van der Waals surface area contributed by atoms with Crippen molar-refractivity contribution < 1.29 is 14.3 Å². The molecule has 0 unspecified atom stereocenters. The van der Waals surface area contributed by atoms with E-state index in [0.717, 1.165) is 32.4 Å². The number of thiophene rings is 1. The van der Waals surface area contributed by atoms with Crippen molar-refractivity contribution in [2.24, 2.45) is 0 Å². The summed E-state index contributed by atoms with van der Waals surface area (Å²) in [7, 11) is 0. The Bertz CT molecular complexity index is 882. The van der Waals surface area contributed by atoms with Gasteiger partial charge in [0.05, 0.1) is 5.75 Å². The molecule has 0 radical (unpaired) electrons. The van der Waals surface area contributed by atoms with Crippen LogP contribution in [0.25, 0.3) is 20.7 Å². The van der Waals surface area contributed by atoms with Crippen LogP contribution in [0.2, 0.25) is 0 Å². The molecule has 3 aromatic rings. The molecule has 0 aliphatic heterocycles. The fourth-order valence-electron chi connectivity index (χ4n) is 2.04. The van der Waals surface area contributed by atoms with Crippen molar-refractivity contribution in [3.8, 4) is 10.4 Å². The van der Waals surface area contributed by atoms with E-state index < -0.39 is 5.97 Å². The summed E-state index contributed by atoms with van der Waals surface area (Å²) in [6.07, 6.45) is 3.25. The molecule has 0 bridgehead atoms. The first-order valence-corrected chi connectivity index (χ1v) is 9.54. The van der Waals surface area contributed by atoms with Crippen molar-refractivity contribution in [2.45, 2.75) is 9.92 Å². The average Bonchev–Trinajstić information content (AvgIpc) is 2.97. The number of fused-ring (bicyclic) bond motifs is 1. The van der Waals surface area contributed by atoms with Crippen LogP contribution in [-0.2, 0) is 4.79 Å². The normalized spacial score (nSPS) is 11.0. The van der Waals surface area contributed by atoms with E-state index in [-0.39, 0.29) is 11.6 Å². The molecule has 0 fully saturated rings. The van der Waals surface area contributed by atoms with E-state index in [1.807, 2.05) is 18.4 Å². The first kappa shape index (κ1) is 16.2. The zero-order chi connectivity index (χ0) is 16.4. The molecular formula is C15H11FN2O2S3. The Morgan fingerprint density at radius 3 is 2.87 bits per heavy atom. The number of hydrogen-bond donors (Lipinski definition) is 1. The highest BCUT2D eigenvalue weighted by Gasteiger charge is 2.13. The van der Waals surface area contributed by atoms with E-state index in [9.17, 15) is 9.18 Å². The second-order valence-corrected chi connectivity index (χ2v) is 7.38. The second-order valence-electron chi connectivity index (χ2n) is 4.54. The minimum atomic E-state index is -0.896. The highest BCUT2D eigenvalue weighted by atomic mass is 32.2. The number of carboxylic acids is 1. The van der Waals surface area contributed by atoms with E-state index in [2.05, 4.69) is 9.97 Å². The molecule has 0 amide bonds. The summed E-state index contributed by atoms with van der Waals surface area (Å²) in [6.45, 7) is 0. The van der Waals surface area contributed by atoms with Crippen molar-refractivity contribution in [1.82, 2.24) is 9.97 Å². The number of nitrogens with zero attached hydrogens (tertiary/aromatic N) is 2. The first-order chi connectivity index (χ1) is 11.1.